The van der Waals surface area contributed by atoms with Crippen LogP contribution in [0.15, 0.2) is 66.9 Å². The zero-order valence-corrected chi connectivity index (χ0v) is 25.0. The van der Waals surface area contributed by atoms with Gasteiger partial charge in [-0.05, 0) is 73.2 Å². The van der Waals surface area contributed by atoms with Crippen LogP contribution >= 0.6 is 11.6 Å². The molecule has 2 N–H and O–H groups in total. The highest BCUT2D eigenvalue weighted by molar-refractivity contribution is 6.30. The number of halogens is 2. The van der Waals surface area contributed by atoms with E-state index in [9.17, 15) is 14.0 Å². The number of piperidine rings is 1. The number of carbonyl (C=O) groups is 2. The number of pyridine rings is 1. The van der Waals surface area contributed by atoms with Gasteiger partial charge in [0.2, 0.25) is 5.91 Å². The molecule has 2 amide bonds. The van der Waals surface area contributed by atoms with Crippen LogP contribution in [0.1, 0.15) is 48.8 Å². The van der Waals surface area contributed by atoms with Gasteiger partial charge in [-0.1, -0.05) is 35.9 Å². The molecule has 1 unspecified atom stereocenters. The highest BCUT2D eigenvalue weighted by Gasteiger charge is 2.44. The summed E-state index contributed by atoms with van der Waals surface area (Å²) in [5, 5.41) is 0.632. The minimum atomic E-state index is -0.441. The fourth-order valence-electron chi connectivity index (χ4n) is 6.41. The highest BCUT2D eigenvalue weighted by atomic mass is 35.5. The largest absolute Gasteiger partial charge is 0.441 e. The normalized spacial score (nSPS) is 21.5. The van der Waals surface area contributed by atoms with Crippen molar-refractivity contribution in [3.63, 3.8) is 0 Å². The van der Waals surface area contributed by atoms with Crippen molar-refractivity contribution in [3.05, 3.63) is 88.8 Å². The average Bonchev–Trinajstić information content (AvgIpc) is 3.78. The second kappa shape index (κ2) is 12.4. The van der Waals surface area contributed by atoms with Gasteiger partial charge in [0.05, 0.1) is 17.9 Å². The van der Waals surface area contributed by atoms with Gasteiger partial charge in [-0.25, -0.2) is 14.2 Å². The topological polar surface area (TPSA) is 92.0 Å². The van der Waals surface area contributed by atoms with Crippen molar-refractivity contribution in [1.82, 2.24) is 14.8 Å². The minimum absolute atomic E-state index is 0.0929. The number of hydrogen-bond donors (Lipinski definition) is 1. The predicted molar refractivity (Wildman–Crippen MR) is 164 cm³/mol. The van der Waals surface area contributed by atoms with E-state index in [1.165, 1.54) is 12.1 Å². The summed E-state index contributed by atoms with van der Waals surface area (Å²) in [4.78, 5) is 37.6. The molecule has 1 aromatic heterocycles. The lowest BCUT2D eigenvalue weighted by molar-refractivity contribution is -0.135. The Morgan fingerprint density at radius 1 is 1.00 bits per heavy atom. The van der Waals surface area contributed by atoms with Crippen LogP contribution in [0, 0.1) is 17.7 Å². The summed E-state index contributed by atoms with van der Waals surface area (Å²) in [6.07, 6.45) is 4.18. The van der Waals surface area contributed by atoms with Gasteiger partial charge in [0.15, 0.2) is 0 Å². The number of likely N-dealkylation sites (tertiary alicyclic amines) is 1. The van der Waals surface area contributed by atoms with Gasteiger partial charge >= 0.3 is 6.09 Å². The molecule has 2 aliphatic heterocycles. The molecule has 43 heavy (non-hydrogen) atoms. The van der Waals surface area contributed by atoms with Crippen LogP contribution in [0.25, 0.3) is 0 Å². The molecular formula is C33H37ClFN5O3. The van der Waals surface area contributed by atoms with E-state index in [2.05, 4.69) is 9.88 Å². The lowest BCUT2D eigenvalue weighted by Crippen LogP contribution is -2.45. The second-order valence-electron chi connectivity index (χ2n) is 12.0. The molecule has 2 saturated heterocycles. The maximum Gasteiger partial charge on any atom is 0.410 e. The average molecular weight is 606 g/mol. The highest BCUT2D eigenvalue weighted by Crippen LogP contribution is 2.44. The molecule has 226 valence electrons. The summed E-state index contributed by atoms with van der Waals surface area (Å²) in [7, 11) is 1.75. The zero-order chi connectivity index (χ0) is 30.1. The fraction of sp³-hybridized carbons (Fsp3) is 0.424. The van der Waals surface area contributed by atoms with Crippen LogP contribution in [0.4, 0.5) is 20.7 Å². The molecule has 3 aromatic rings. The van der Waals surface area contributed by atoms with E-state index >= 15 is 0 Å². The SMILES string of the molecule is CN(C(=O)OC(c1ccc(F)cc1)C1CC1)[C@@H]1CN(C(=O)C2CCN(c3ccc(N)cn3)CC2)C[C@H]1c1ccc(Cl)cc1. The van der Waals surface area contributed by atoms with Gasteiger partial charge in [0.25, 0.3) is 0 Å². The Morgan fingerprint density at radius 3 is 2.33 bits per heavy atom. The number of nitrogens with zero attached hydrogens (tertiary/aromatic N) is 4. The molecule has 3 aliphatic rings. The summed E-state index contributed by atoms with van der Waals surface area (Å²) in [6.45, 7) is 2.40. The van der Waals surface area contributed by atoms with Crippen molar-refractivity contribution in [2.45, 2.75) is 43.7 Å². The molecule has 0 spiro atoms. The van der Waals surface area contributed by atoms with Gasteiger partial charge in [-0.15, -0.1) is 0 Å². The third-order valence-corrected chi connectivity index (χ3v) is 9.35. The van der Waals surface area contributed by atoms with Gasteiger partial charge in [0.1, 0.15) is 17.7 Å². The molecule has 2 aromatic carbocycles. The first-order valence-corrected chi connectivity index (χ1v) is 15.3. The third kappa shape index (κ3) is 6.56. The summed E-state index contributed by atoms with van der Waals surface area (Å²) in [5.74, 6) is 0.707. The van der Waals surface area contributed by atoms with E-state index in [1.54, 1.807) is 30.3 Å². The van der Waals surface area contributed by atoms with Crippen molar-refractivity contribution in [3.8, 4) is 0 Å². The smallest absolute Gasteiger partial charge is 0.410 e. The lowest BCUT2D eigenvalue weighted by atomic mass is 9.93. The number of nitrogens with two attached hydrogens (primary N) is 1. The van der Waals surface area contributed by atoms with Gasteiger partial charge < -0.3 is 25.2 Å². The summed E-state index contributed by atoms with van der Waals surface area (Å²) in [6, 6.07) is 17.3. The van der Waals surface area contributed by atoms with E-state index in [4.69, 9.17) is 22.1 Å². The maximum absolute atomic E-state index is 13.8. The van der Waals surface area contributed by atoms with Crippen molar-refractivity contribution in [2.75, 3.05) is 43.9 Å². The number of benzene rings is 2. The Bertz CT molecular complexity index is 1430. The Morgan fingerprint density at radius 2 is 1.70 bits per heavy atom. The molecule has 0 radical (unpaired) electrons. The zero-order valence-electron chi connectivity index (χ0n) is 24.2. The summed E-state index contributed by atoms with van der Waals surface area (Å²) in [5.41, 5.74) is 8.23. The van der Waals surface area contributed by atoms with Gasteiger partial charge in [0, 0.05) is 56.0 Å². The van der Waals surface area contributed by atoms with Gasteiger partial charge in [-0.2, -0.15) is 0 Å². The molecule has 1 saturated carbocycles. The van der Waals surface area contributed by atoms with Crippen molar-refractivity contribution < 1.29 is 18.7 Å². The molecule has 3 fully saturated rings. The Balaban J connectivity index is 1.15. The van der Waals surface area contributed by atoms with Crippen LogP contribution in [0.3, 0.4) is 0 Å². The molecule has 3 atom stereocenters. The number of aromatic nitrogens is 1. The molecule has 8 nitrogen and oxygen atoms in total. The molecule has 1 aliphatic carbocycles. The first-order chi connectivity index (χ1) is 20.8. The number of rotatable bonds is 7. The van der Waals surface area contributed by atoms with E-state index in [1.807, 2.05) is 41.3 Å². The Hall–Kier alpha value is -3.85. The van der Waals surface area contributed by atoms with E-state index in [-0.39, 0.29) is 35.5 Å². The fourth-order valence-corrected chi connectivity index (χ4v) is 6.54. The molecule has 6 rings (SSSR count). The van der Waals surface area contributed by atoms with Crippen LogP contribution in [0.2, 0.25) is 5.02 Å². The first kappa shape index (κ1) is 29.2. The molecule has 10 heteroatoms. The number of hydrogen-bond acceptors (Lipinski definition) is 6. The molecule has 0 bridgehead atoms. The first-order valence-electron chi connectivity index (χ1n) is 15.0. The third-order valence-electron chi connectivity index (χ3n) is 9.10. The lowest BCUT2D eigenvalue weighted by Gasteiger charge is -2.34. The standard InChI is InChI=1S/C33H37ClFN5O3/c1-38(33(42)43-31(22-2-3-22)23-6-10-26(35)11-7-23)29-20-40(19-28(29)21-4-8-25(34)9-5-21)32(41)24-14-16-39(17-15-24)30-13-12-27(36)18-37-30/h4-13,18,22,24,28-29,31H,2-3,14-17,19-20,36H2,1H3/t28-,29+,31?/m0/s1. The number of anilines is 2. The maximum atomic E-state index is 13.8. The van der Waals surface area contributed by atoms with Crippen molar-refractivity contribution >= 4 is 35.1 Å². The van der Waals surface area contributed by atoms with Crippen LogP contribution in [-0.2, 0) is 9.53 Å². The number of ether oxygens (including phenoxy) is 1. The van der Waals surface area contributed by atoms with Crippen LogP contribution < -0.4 is 10.6 Å². The summed E-state index contributed by atoms with van der Waals surface area (Å²) >= 11 is 6.19. The number of amides is 2. The van der Waals surface area contributed by atoms with E-state index < -0.39 is 12.2 Å². The molecular weight excluding hydrogens is 569 g/mol. The predicted octanol–water partition coefficient (Wildman–Crippen LogP) is 5.89. The van der Waals surface area contributed by atoms with Gasteiger partial charge in [-0.3, -0.25) is 4.79 Å². The Labute approximate surface area is 256 Å². The number of carbonyl (C=O) groups excluding carboxylic acids is 2. The van der Waals surface area contributed by atoms with Crippen LogP contribution in [0.5, 0.6) is 0 Å². The number of likely N-dealkylation sites (N-methyl/N-ethyl adjacent to an activating group) is 1. The van der Waals surface area contributed by atoms with Crippen LogP contribution in [-0.4, -0.2) is 66.1 Å². The molecule has 3 heterocycles. The number of nitrogen functional groups attached to an aromatic ring is 1. The second-order valence-corrected chi connectivity index (χ2v) is 12.4. The van der Waals surface area contributed by atoms with Crippen molar-refractivity contribution in [1.29, 1.82) is 0 Å². The quantitative estimate of drug-likeness (QED) is 0.361. The Kier molecular flexibility index (Phi) is 8.43. The van der Waals surface area contributed by atoms with E-state index in [0.717, 1.165) is 55.7 Å². The van der Waals surface area contributed by atoms with E-state index in [0.29, 0.717) is 23.8 Å². The monoisotopic (exact) mass is 605 g/mol. The minimum Gasteiger partial charge on any atom is -0.441 e. The summed E-state index contributed by atoms with van der Waals surface area (Å²) < 4.78 is 19.6. The van der Waals surface area contributed by atoms with Crippen molar-refractivity contribution in [2.24, 2.45) is 11.8 Å².